The van der Waals surface area contributed by atoms with Crippen molar-refractivity contribution in [3.8, 4) is 0 Å². The highest BCUT2D eigenvalue weighted by atomic mass is 16.2. The molecule has 0 N–H and O–H groups in total. The van der Waals surface area contributed by atoms with Crippen LogP contribution in [0.3, 0.4) is 0 Å². The molecule has 5 heterocycles. The lowest BCUT2D eigenvalue weighted by atomic mass is 9.97. The molecule has 8 heteroatoms. The molecular weight excluding hydrogens is 354 g/mol. The maximum absolute atomic E-state index is 12.8. The number of piperidine rings is 1. The molecule has 0 saturated carbocycles. The topological polar surface area (TPSA) is 71.6 Å². The molecule has 2 aliphatic heterocycles. The number of aryl methyl sites for hydroxylation is 1. The molecule has 0 spiro atoms. The number of aromatic nitrogens is 5. The molecule has 2 aliphatic rings. The quantitative estimate of drug-likeness (QED) is 0.697. The van der Waals surface area contributed by atoms with Crippen molar-refractivity contribution in [3.05, 3.63) is 42.1 Å². The Morgan fingerprint density at radius 2 is 1.93 bits per heavy atom. The van der Waals surface area contributed by atoms with E-state index in [1.807, 2.05) is 22.5 Å². The lowest BCUT2D eigenvalue weighted by molar-refractivity contribution is 0.0698. The van der Waals surface area contributed by atoms with Crippen molar-refractivity contribution in [2.45, 2.75) is 31.6 Å². The van der Waals surface area contributed by atoms with E-state index in [9.17, 15) is 4.79 Å². The summed E-state index contributed by atoms with van der Waals surface area (Å²) in [6.45, 7) is 3.63. The van der Waals surface area contributed by atoms with Crippen LogP contribution >= 0.6 is 0 Å². The standard InChI is InChI=1S/C20H25N7O/c1-24-12-8-17(22-24)20(28)26-11-4-5-15(13-26)19-21-18-7-6-16(14-27(18)23-19)25-9-2-3-10-25/h6-8,12,14-15H,2-5,9-11,13H2,1H3/t15-/m0/s1. The molecule has 2 saturated heterocycles. The summed E-state index contributed by atoms with van der Waals surface area (Å²) in [6.07, 6.45) is 8.35. The van der Waals surface area contributed by atoms with Gasteiger partial charge in [-0.3, -0.25) is 9.48 Å². The molecule has 0 radical (unpaired) electrons. The number of pyridine rings is 1. The predicted molar refractivity (Wildman–Crippen MR) is 106 cm³/mol. The molecule has 0 aliphatic carbocycles. The zero-order chi connectivity index (χ0) is 19.1. The Morgan fingerprint density at radius 3 is 2.71 bits per heavy atom. The van der Waals surface area contributed by atoms with Gasteiger partial charge >= 0.3 is 0 Å². The van der Waals surface area contributed by atoms with E-state index in [1.54, 1.807) is 16.9 Å². The molecular formula is C20H25N7O. The third-order valence-corrected chi connectivity index (χ3v) is 5.81. The number of hydrogen-bond donors (Lipinski definition) is 0. The number of amides is 1. The third kappa shape index (κ3) is 3.12. The molecule has 3 aromatic rings. The SMILES string of the molecule is Cn1ccc(C(=O)N2CCC[C@H](c3nc4ccc(N5CCCC5)cn4n3)C2)n1. The normalized spacial score (nSPS) is 20.2. The third-order valence-electron chi connectivity index (χ3n) is 5.81. The number of fused-ring (bicyclic) bond motifs is 1. The summed E-state index contributed by atoms with van der Waals surface area (Å²) in [4.78, 5) is 21.8. The average molecular weight is 379 g/mol. The van der Waals surface area contributed by atoms with Crippen molar-refractivity contribution in [3.63, 3.8) is 0 Å². The van der Waals surface area contributed by atoms with Gasteiger partial charge in [-0.1, -0.05) is 0 Å². The molecule has 8 nitrogen and oxygen atoms in total. The van der Waals surface area contributed by atoms with E-state index in [2.05, 4.69) is 22.3 Å². The minimum atomic E-state index is -0.00890. The van der Waals surface area contributed by atoms with Gasteiger partial charge < -0.3 is 9.80 Å². The highest BCUT2D eigenvalue weighted by Crippen LogP contribution is 2.27. The van der Waals surface area contributed by atoms with E-state index in [4.69, 9.17) is 10.1 Å². The molecule has 2 fully saturated rings. The summed E-state index contributed by atoms with van der Waals surface area (Å²) in [5.74, 6) is 0.985. The van der Waals surface area contributed by atoms with Crippen LogP contribution in [-0.4, -0.2) is 61.4 Å². The van der Waals surface area contributed by atoms with Gasteiger partial charge in [0, 0.05) is 45.3 Å². The van der Waals surface area contributed by atoms with Crippen LogP contribution in [0.4, 0.5) is 5.69 Å². The van der Waals surface area contributed by atoms with Crippen LogP contribution < -0.4 is 4.90 Å². The fourth-order valence-corrected chi connectivity index (χ4v) is 4.29. The van der Waals surface area contributed by atoms with E-state index < -0.39 is 0 Å². The van der Waals surface area contributed by atoms with Crippen molar-refractivity contribution in [1.29, 1.82) is 0 Å². The minimum Gasteiger partial charge on any atom is -0.370 e. The van der Waals surface area contributed by atoms with Crippen LogP contribution in [0.25, 0.3) is 5.65 Å². The second-order valence-electron chi connectivity index (χ2n) is 7.82. The molecule has 1 atom stereocenters. The van der Waals surface area contributed by atoms with Crippen LogP contribution in [0.15, 0.2) is 30.6 Å². The molecule has 0 bridgehead atoms. The zero-order valence-electron chi connectivity index (χ0n) is 16.2. The monoisotopic (exact) mass is 379 g/mol. The molecule has 3 aromatic heterocycles. The van der Waals surface area contributed by atoms with Crippen LogP contribution in [-0.2, 0) is 7.05 Å². The van der Waals surface area contributed by atoms with Crippen LogP contribution in [0.1, 0.15) is 47.9 Å². The first-order valence-electron chi connectivity index (χ1n) is 10.1. The second-order valence-corrected chi connectivity index (χ2v) is 7.82. The van der Waals surface area contributed by atoms with Crippen molar-refractivity contribution < 1.29 is 4.79 Å². The summed E-state index contributed by atoms with van der Waals surface area (Å²) in [7, 11) is 1.83. The summed E-state index contributed by atoms with van der Waals surface area (Å²) in [5.41, 5.74) is 2.57. The van der Waals surface area contributed by atoms with Gasteiger partial charge in [-0.15, -0.1) is 0 Å². The van der Waals surface area contributed by atoms with Crippen LogP contribution in [0, 0.1) is 0 Å². The summed E-state index contributed by atoms with van der Waals surface area (Å²) in [6, 6.07) is 5.95. The Labute approximate surface area is 163 Å². The Hall–Kier alpha value is -2.90. The molecule has 1 amide bonds. The van der Waals surface area contributed by atoms with Gasteiger partial charge in [-0.25, -0.2) is 9.50 Å². The number of carbonyl (C=O) groups excluding carboxylic acids is 1. The first-order chi connectivity index (χ1) is 13.7. The Kier molecular flexibility index (Phi) is 4.26. The smallest absolute Gasteiger partial charge is 0.274 e. The number of hydrogen-bond acceptors (Lipinski definition) is 5. The maximum Gasteiger partial charge on any atom is 0.274 e. The van der Waals surface area contributed by atoms with Gasteiger partial charge in [0.2, 0.25) is 0 Å². The lowest BCUT2D eigenvalue weighted by Crippen LogP contribution is -2.39. The van der Waals surface area contributed by atoms with E-state index in [-0.39, 0.29) is 11.8 Å². The lowest BCUT2D eigenvalue weighted by Gasteiger charge is -2.30. The first-order valence-corrected chi connectivity index (χ1v) is 10.1. The average Bonchev–Trinajstić information content (AvgIpc) is 3.47. The van der Waals surface area contributed by atoms with Crippen LogP contribution in [0.2, 0.25) is 0 Å². The fraction of sp³-hybridized carbons (Fsp3) is 0.500. The Bertz CT molecular complexity index is 1000. The van der Waals surface area contributed by atoms with Gasteiger partial charge in [-0.2, -0.15) is 10.2 Å². The van der Waals surface area contributed by atoms with E-state index in [1.165, 1.54) is 18.5 Å². The van der Waals surface area contributed by atoms with E-state index in [0.29, 0.717) is 12.2 Å². The molecule has 146 valence electrons. The number of rotatable bonds is 3. The summed E-state index contributed by atoms with van der Waals surface area (Å²) < 4.78 is 3.55. The van der Waals surface area contributed by atoms with Gasteiger partial charge in [0.05, 0.1) is 11.9 Å². The van der Waals surface area contributed by atoms with Crippen molar-refractivity contribution in [2.24, 2.45) is 7.05 Å². The molecule has 28 heavy (non-hydrogen) atoms. The van der Waals surface area contributed by atoms with Crippen molar-refractivity contribution >= 4 is 17.2 Å². The zero-order valence-corrected chi connectivity index (χ0v) is 16.2. The Balaban J connectivity index is 1.36. The van der Waals surface area contributed by atoms with E-state index in [0.717, 1.165) is 43.9 Å². The van der Waals surface area contributed by atoms with Gasteiger partial charge in [0.1, 0.15) is 5.69 Å². The Morgan fingerprint density at radius 1 is 1.07 bits per heavy atom. The van der Waals surface area contributed by atoms with E-state index >= 15 is 0 Å². The highest BCUT2D eigenvalue weighted by molar-refractivity contribution is 5.92. The van der Waals surface area contributed by atoms with Gasteiger partial charge in [0.15, 0.2) is 11.5 Å². The predicted octanol–water partition coefficient (Wildman–Crippen LogP) is 2.08. The summed E-state index contributed by atoms with van der Waals surface area (Å²) in [5, 5.41) is 9.01. The molecule has 0 aromatic carbocycles. The number of nitrogens with zero attached hydrogens (tertiary/aromatic N) is 7. The number of anilines is 1. The highest BCUT2D eigenvalue weighted by Gasteiger charge is 2.29. The van der Waals surface area contributed by atoms with Crippen molar-refractivity contribution in [1.82, 2.24) is 29.3 Å². The fourth-order valence-electron chi connectivity index (χ4n) is 4.29. The van der Waals surface area contributed by atoms with Gasteiger partial charge in [0.25, 0.3) is 5.91 Å². The van der Waals surface area contributed by atoms with Gasteiger partial charge in [-0.05, 0) is 43.9 Å². The number of likely N-dealkylation sites (tertiary alicyclic amines) is 1. The largest absolute Gasteiger partial charge is 0.370 e. The minimum absolute atomic E-state index is 0.00890. The second kappa shape index (κ2) is 6.92. The molecule has 5 rings (SSSR count). The van der Waals surface area contributed by atoms with Crippen molar-refractivity contribution in [2.75, 3.05) is 31.1 Å². The van der Waals surface area contributed by atoms with Crippen LogP contribution in [0.5, 0.6) is 0 Å². The first kappa shape index (κ1) is 17.2. The summed E-state index contributed by atoms with van der Waals surface area (Å²) >= 11 is 0. The molecule has 0 unspecified atom stereocenters. The number of carbonyl (C=O) groups is 1. The maximum atomic E-state index is 12.8.